The Morgan fingerprint density at radius 3 is 2.83 bits per heavy atom. The first kappa shape index (κ1) is 11.5. The molecule has 0 bridgehead atoms. The van der Waals surface area contributed by atoms with E-state index in [9.17, 15) is 5.11 Å². The topological polar surface area (TPSA) is 67.8 Å². The van der Waals surface area contributed by atoms with Gasteiger partial charge in [-0.15, -0.1) is 0 Å². The molecule has 4 nitrogen and oxygen atoms in total. The van der Waals surface area contributed by atoms with E-state index in [1.807, 2.05) is 12.1 Å². The zero-order chi connectivity index (χ0) is 12.5. The quantitative estimate of drug-likeness (QED) is 0.833. The summed E-state index contributed by atoms with van der Waals surface area (Å²) in [5, 5.41) is 9.24. The van der Waals surface area contributed by atoms with Gasteiger partial charge in [0.25, 0.3) is 0 Å². The summed E-state index contributed by atoms with van der Waals surface area (Å²) in [6, 6.07) is 7.73. The standard InChI is InChI=1S/C14H18N2O2/c15-10-3-6-12-13(8-10)18-14(16-12)7-9-1-4-11(17)5-2-9/h1-2,4-5,10,12-13,17H,3,6-8,15H2. The highest BCUT2D eigenvalue weighted by molar-refractivity contribution is 5.80. The molecule has 3 unspecified atom stereocenters. The SMILES string of the molecule is NC1CCC2N=C(Cc3ccc(O)cc3)OC2C1. The summed E-state index contributed by atoms with van der Waals surface area (Å²) in [4.78, 5) is 4.64. The second-order valence-corrected chi connectivity index (χ2v) is 5.16. The van der Waals surface area contributed by atoms with Gasteiger partial charge < -0.3 is 15.6 Å². The van der Waals surface area contributed by atoms with E-state index >= 15 is 0 Å². The van der Waals surface area contributed by atoms with Crippen LogP contribution in [0.3, 0.4) is 0 Å². The van der Waals surface area contributed by atoms with Crippen molar-refractivity contribution in [3.63, 3.8) is 0 Å². The van der Waals surface area contributed by atoms with Gasteiger partial charge in [0.2, 0.25) is 0 Å². The van der Waals surface area contributed by atoms with Crippen LogP contribution >= 0.6 is 0 Å². The highest BCUT2D eigenvalue weighted by atomic mass is 16.5. The minimum absolute atomic E-state index is 0.181. The average Bonchev–Trinajstić information content (AvgIpc) is 2.73. The van der Waals surface area contributed by atoms with Crippen molar-refractivity contribution in [3.05, 3.63) is 29.8 Å². The molecule has 3 rings (SSSR count). The van der Waals surface area contributed by atoms with Crippen LogP contribution in [0.15, 0.2) is 29.3 Å². The van der Waals surface area contributed by atoms with E-state index < -0.39 is 0 Å². The number of nitrogens with zero attached hydrogens (tertiary/aromatic N) is 1. The van der Waals surface area contributed by atoms with Gasteiger partial charge in [-0.05, 0) is 30.5 Å². The molecule has 0 radical (unpaired) electrons. The number of phenols is 1. The summed E-state index contributed by atoms with van der Waals surface area (Å²) in [7, 11) is 0. The van der Waals surface area contributed by atoms with E-state index in [2.05, 4.69) is 4.99 Å². The number of aromatic hydroxyl groups is 1. The largest absolute Gasteiger partial charge is 0.508 e. The summed E-state index contributed by atoms with van der Waals surface area (Å²) in [6.45, 7) is 0. The molecule has 4 heteroatoms. The van der Waals surface area contributed by atoms with Gasteiger partial charge in [-0.3, -0.25) is 0 Å². The van der Waals surface area contributed by atoms with Crippen molar-refractivity contribution >= 4 is 5.90 Å². The maximum Gasteiger partial charge on any atom is 0.188 e. The molecule has 1 aromatic rings. The number of aliphatic imine (C=N–C) groups is 1. The summed E-state index contributed by atoms with van der Waals surface area (Å²) in [5.41, 5.74) is 7.05. The Morgan fingerprint density at radius 1 is 1.28 bits per heavy atom. The van der Waals surface area contributed by atoms with Gasteiger partial charge in [0.1, 0.15) is 11.9 Å². The Kier molecular flexibility index (Phi) is 2.96. The molecule has 0 amide bonds. The van der Waals surface area contributed by atoms with Crippen LogP contribution in [-0.2, 0) is 11.2 Å². The maximum atomic E-state index is 9.24. The van der Waals surface area contributed by atoms with Gasteiger partial charge in [-0.1, -0.05) is 12.1 Å². The molecule has 1 aliphatic heterocycles. The maximum absolute atomic E-state index is 9.24. The van der Waals surface area contributed by atoms with Crippen LogP contribution in [0.4, 0.5) is 0 Å². The number of phenolic OH excluding ortho intramolecular Hbond substituents is 1. The molecule has 1 saturated carbocycles. The first-order valence-corrected chi connectivity index (χ1v) is 6.47. The summed E-state index contributed by atoms with van der Waals surface area (Å²) >= 11 is 0. The molecule has 1 aliphatic carbocycles. The zero-order valence-corrected chi connectivity index (χ0v) is 10.2. The smallest absolute Gasteiger partial charge is 0.188 e. The van der Waals surface area contributed by atoms with Gasteiger partial charge >= 0.3 is 0 Å². The van der Waals surface area contributed by atoms with E-state index in [-0.39, 0.29) is 17.9 Å². The number of benzene rings is 1. The molecule has 2 aliphatic rings. The zero-order valence-electron chi connectivity index (χ0n) is 10.2. The summed E-state index contributed by atoms with van der Waals surface area (Å²) in [5.74, 6) is 1.09. The molecule has 0 saturated heterocycles. The molecule has 96 valence electrons. The lowest BCUT2D eigenvalue weighted by atomic mass is 9.90. The third kappa shape index (κ3) is 2.34. The van der Waals surface area contributed by atoms with Crippen LogP contribution in [0.2, 0.25) is 0 Å². The second-order valence-electron chi connectivity index (χ2n) is 5.16. The fourth-order valence-electron chi connectivity index (χ4n) is 2.68. The van der Waals surface area contributed by atoms with Crippen molar-refractivity contribution < 1.29 is 9.84 Å². The number of ether oxygens (including phenoxy) is 1. The second kappa shape index (κ2) is 4.61. The van der Waals surface area contributed by atoms with E-state index in [1.54, 1.807) is 12.1 Å². The van der Waals surface area contributed by atoms with Gasteiger partial charge in [-0.25, -0.2) is 4.99 Å². The summed E-state index contributed by atoms with van der Waals surface area (Å²) in [6.07, 6.45) is 3.86. The number of hydrogen-bond donors (Lipinski definition) is 2. The van der Waals surface area contributed by atoms with Crippen LogP contribution in [0.5, 0.6) is 5.75 Å². The molecule has 3 N–H and O–H groups in total. The molecule has 1 heterocycles. The van der Waals surface area contributed by atoms with Crippen molar-refractivity contribution in [2.75, 3.05) is 0 Å². The molecule has 0 spiro atoms. The van der Waals surface area contributed by atoms with E-state index in [0.717, 1.165) is 30.7 Å². The average molecular weight is 246 g/mol. The molecular formula is C14H18N2O2. The Labute approximate surface area is 106 Å². The Hall–Kier alpha value is -1.55. The van der Waals surface area contributed by atoms with Crippen LogP contribution in [0.25, 0.3) is 0 Å². The van der Waals surface area contributed by atoms with Crippen molar-refractivity contribution in [1.82, 2.24) is 0 Å². The third-order valence-electron chi connectivity index (χ3n) is 3.69. The Bertz CT molecular complexity index is 455. The fraction of sp³-hybridized carbons (Fsp3) is 0.500. The molecule has 1 aromatic carbocycles. The van der Waals surface area contributed by atoms with Crippen LogP contribution < -0.4 is 5.73 Å². The van der Waals surface area contributed by atoms with Gasteiger partial charge in [0, 0.05) is 18.9 Å². The molecule has 3 atom stereocenters. The summed E-state index contributed by atoms with van der Waals surface area (Å²) < 4.78 is 5.88. The van der Waals surface area contributed by atoms with E-state index in [4.69, 9.17) is 10.5 Å². The number of nitrogens with two attached hydrogens (primary N) is 1. The molecule has 0 aromatic heterocycles. The number of fused-ring (bicyclic) bond motifs is 1. The van der Waals surface area contributed by atoms with Crippen molar-refractivity contribution in [3.8, 4) is 5.75 Å². The Morgan fingerprint density at radius 2 is 2.06 bits per heavy atom. The predicted molar refractivity (Wildman–Crippen MR) is 69.7 cm³/mol. The lowest BCUT2D eigenvalue weighted by Crippen LogP contribution is -2.38. The highest BCUT2D eigenvalue weighted by Crippen LogP contribution is 2.28. The molecule has 1 fully saturated rings. The third-order valence-corrected chi connectivity index (χ3v) is 3.69. The Balaban J connectivity index is 1.66. The minimum Gasteiger partial charge on any atom is -0.508 e. The molecule has 18 heavy (non-hydrogen) atoms. The number of rotatable bonds is 2. The van der Waals surface area contributed by atoms with Gasteiger partial charge in [-0.2, -0.15) is 0 Å². The van der Waals surface area contributed by atoms with Crippen molar-refractivity contribution in [1.29, 1.82) is 0 Å². The highest BCUT2D eigenvalue weighted by Gasteiger charge is 2.35. The van der Waals surface area contributed by atoms with Crippen LogP contribution in [0, 0.1) is 0 Å². The monoisotopic (exact) mass is 246 g/mol. The lowest BCUT2D eigenvalue weighted by molar-refractivity contribution is 0.139. The number of hydrogen-bond acceptors (Lipinski definition) is 4. The van der Waals surface area contributed by atoms with Gasteiger partial charge in [0.15, 0.2) is 5.90 Å². The minimum atomic E-state index is 0.181. The first-order valence-electron chi connectivity index (χ1n) is 6.47. The van der Waals surface area contributed by atoms with E-state index in [1.165, 1.54) is 0 Å². The van der Waals surface area contributed by atoms with E-state index in [0.29, 0.717) is 12.5 Å². The normalized spacial score (nSPS) is 30.5. The predicted octanol–water partition coefficient (Wildman–Crippen LogP) is 1.61. The van der Waals surface area contributed by atoms with Crippen molar-refractivity contribution in [2.45, 2.75) is 43.9 Å². The van der Waals surface area contributed by atoms with Crippen molar-refractivity contribution in [2.24, 2.45) is 10.7 Å². The van der Waals surface area contributed by atoms with Crippen LogP contribution in [-0.4, -0.2) is 29.2 Å². The molecular weight excluding hydrogens is 228 g/mol. The van der Waals surface area contributed by atoms with Gasteiger partial charge in [0.05, 0.1) is 6.04 Å². The van der Waals surface area contributed by atoms with Crippen LogP contribution in [0.1, 0.15) is 24.8 Å². The first-order chi connectivity index (χ1) is 8.70. The lowest BCUT2D eigenvalue weighted by Gasteiger charge is -2.26. The fourth-order valence-corrected chi connectivity index (χ4v) is 2.68.